The molecule has 10 heteroatoms. The zero-order chi connectivity index (χ0) is 20.7. The minimum absolute atomic E-state index is 0.165. The van der Waals surface area contributed by atoms with E-state index in [4.69, 9.17) is 0 Å². The third-order valence-corrected chi connectivity index (χ3v) is 4.98. The Morgan fingerprint density at radius 1 is 1.14 bits per heavy atom. The predicted octanol–water partition coefficient (Wildman–Crippen LogP) is 2.71. The Labute approximate surface area is 166 Å². The van der Waals surface area contributed by atoms with Gasteiger partial charge in [0.05, 0.1) is 24.8 Å². The van der Waals surface area contributed by atoms with E-state index in [-0.39, 0.29) is 25.1 Å². The lowest BCUT2D eigenvalue weighted by Gasteiger charge is -2.34. The Kier molecular flexibility index (Phi) is 5.03. The standard InChI is InChI=1S/C19H23F2N7O/c1-10(2)28-11(3)24-14-7-23-17(6-15(14)28)25-16-4-5-22-19(26-16)27-8-12(20)18(29)13(21)9-27/h4-7,10,12-13,18,29H,8-9H2,1-3H3,(H,22,23,25,26)/t12-,13-/m1/s1. The van der Waals surface area contributed by atoms with E-state index >= 15 is 0 Å². The molecule has 2 atom stereocenters. The van der Waals surface area contributed by atoms with Crippen molar-refractivity contribution in [3.05, 3.63) is 30.4 Å². The average molecular weight is 403 g/mol. The van der Waals surface area contributed by atoms with Gasteiger partial charge < -0.3 is 19.9 Å². The van der Waals surface area contributed by atoms with E-state index in [1.165, 1.54) is 11.1 Å². The molecule has 3 aromatic heterocycles. The molecule has 0 bridgehead atoms. The molecule has 154 valence electrons. The Hall–Kier alpha value is -2.88. The van der Waals surface area contributed by atoms with E-state index in [2.05, 4.69) is 43.7 Å². The van der Waals surface area contributed by atoms with E-state index in [1.807, 2.05) is 13.0 Å². The monoisotopic (exact) mass is 403 g/mol. The highest BCUT2D eigenvalue weighted by atomic mass is 19.1. The third kappa shape index (κ3) is 3.71. The molecule has 0 aliphatic carbocycles. The Bertz CT molecular complexity index is 1010. The highest BCUT2D eigenvalue weighted by Crippen LogP contribution is 2.25. The number of nitrogens with one attached hydrogen (secondary N) is 1. The number of aryl methyl sites for hydroxylation is 1. The van der Waals surface area contributed by atoms with Crippen LogP contribution in [0.5, 0.6) is 0 Å². The van der Waals surface area contributed by atoms with Crippen LogP contribution >= 0.6 is 0 Å². The quantitative estimate of drug-likeness (QED) is 0.692. The molecular formula is C19H23F2N7O. The summed E-state index contributed by atoms with van der Waals surface area (Å²) in [5.41, 5.74) is 1.76. The highest BCUT2D eigenvalue weighted by molar-refractivity contribution is 5.79. The number of hydrogen-bond acceptors (Lipinski definition) is 7. The van der Waals surface area contributed by atoms with Crippen molar-refractivity contribution >= 4 is 28.6 Å². The number of fused-ring (bicyclic) bond motifs is 1. The van der Waals surface area contributed by atoms with Crippen LogP contribution in [-0.2, 0) is 0 Å². The van der Waals surface area contributed by atoms with Gasteiger partial charge in [-0.25, -0.2) is 23.7 Å². The molecule has 4 heterocycles. The zero-order valence-electron chi connectivity index (χ0n) is 16.4. The van der Waals surface area contributed by atoms with E-state index < -0.39 is 18.4 Å². The molecule has 8 nitrogen and oxygen atoms in total. The number of aromatic nitrogens is 5. The number of pyridine rings is 1. The van der Waals surface area contributed by atoms with E-state index in [1.54, 1.807) is 12.3 Å². The number of nitrogens with zero attached hydrogens (tertiary/aromatic N) is 6. The molecule has 0 saturated carbocycles. The van der Waals surface area contributed by atoms with Gasteiger partial charge in [0.25, 0.3) is 0 Å². The van der Waals surface area contributed by atoms with Gasteiger partial charge >= 0.3 is 0 Å². The van der Waals surface area contributed by atoms with Crippen LogP contribution in [0.25, 0.3) is 11.0 Å². The second-order valence-corrected chi connectivity index (χ2v) is 7.48. The molecule has 0 amide bonds. The lowest BCUT2D eigenvalue weighted by atomic mass is 10.1. The minimum Gasteiger partial charge on any atom is -0.387 e. The summed E-state index contributed by atoms with van der Waals surface area (Å²) in [6.07, 6.45) is -1.79. The molecule has 1 saturated heterocycles. The van der Waals surface area contributed by atoms with Crippen molar-refractivity contribution in [1.82, 2.24) is 24.5 Å². The first-order valence-electron chi connectivity index (χ1n) is 9.49. The number of hydrogen-bond donors (Lipinski definition) is 2. The molecule has 1 aliphatic heterocycles. The number of imidazole rings is 1. The van der Waals surface area contributed by atoms with E-state index in [0.29, 0.717) is 11.6 Å². The van der Waals surface area contributed by atoms with Gasteiger partial charge in [0.2, 0.25) is 5.95 Å². The van der Waals surface area contributed by atoms with Gasteiger partial charge in [0, 0.05) is 18.3 Å². The average Bonchev–Trinajstić information content (AvgIpc) is 3.01. The number of aliphatic hydroxyl groups is 1. The van der Waals surface area contributed by atoms with Crippen LogP contribution in [0, 0.1) is 6.92 Å². The molecule has 0 spiro atoms. The molecule has 0 unspecified atom stereocenters. The number of anilines is 3. The summed E-state index contributed by atoms with van der Waals surface area (Å²) in [6, 6.07) is 3.79. The summed E-state index contributed by atoms with van der Waals surface area (Å²) in [6.45, 7) is 5.80. The van der Waals surface area contributed by atoms with Gasteiger partial charge in [-0.15, -0.1) is 0 Å². The molecule has 2 N–H and O–H groups in total. The summed E-state index contributed by atoms with van der Waals surface area (Å²) in [4.78, 5) is 18.8. The summed E-state index contributed by atoms with van der Waals surface area (Å²) in [7, 11) is 0. The number of halogens is 2. The van der Waals surface area contributed by atoms with Gasteiger partial charge in [-0.3, -0.25) is 0 Å². The highest BCUT2D eigenvalue weighted by Gasteiger charge is 2.37. The fourth-order valence-corrected chi connectivity index (χ4v) is 3.64. The first kappa shape index (κ1) is 19.4. The number of piperidine rings is 1. The maximum Gasteiger partial charge on any atom is 0.227 e. The maximum absolute atomic E-state index is 13.8. The van der Waals surface area contributed by atoms with Crippen LogP contribution in [0.3, 0.4) is 0 Å². The maximum atomic E-state index is 13.8. The molecule has 1 fully saturated rings. The van der Waals surface area contributed by atoms with Crippen molar-refractivity contribution in [2.24, 2.45) is 0 Å². The summed E-state index contributed by atoms with van der Waals surface area (Å²) in [5, 5.41) is 12.6. The summed E-state index contributed by atoms with van der Waals surface area (Å²) < 4.78 is 29.8. The number of aliphatic hydroxyl groups excluding tert-OH is 1. The SMILES string of the molecule is Cc1nc2cnc(Nc3ccnc(N4C[C@@H](F)C(O)[C@H](F)C4)n3)cc2n1C(C)C. The van der Waals surface area contributed by atoms with Crippen molar-refractivity contribution in [1.29, 1.82) is 0 Å². The Morgan fingerprint density at radius 3 is 2.55 bits per heavy atom. The fourth-order valence-electron chi connectivity index (χ4n) is 3.64. The first-order valence-corrected chi connectivity index (χ1v) is 9.49. The van der Waals surface area contributed by atoms with Crippen LogP contribution in [0.1, 0.15) is 25.7 Å². The van der Waals surface area contributed by atoms with Gasteiger partial charge in [-0.1, -0.05) is 0 Å². The lowest BCUT2D eigenvalue weighted by Crippen LogP contribution is -2.52. The van der Waals surface area contributed by atoms with Crippen LogP contribution in [0.15, 0.2) is 24.5 Å². The van der Waals surface area contributed by atoms with Crippen LogP contribution in [-0.4, -0.2) is 61.1 Å². The molecule has 3 aromatic rings. The summed E-state index contributed by atoms with van der Waals surface area (Å²) in [5.74, 6) is 2.12. The topological polar surface area (TPSA) is 92.0 Å². The second kappa shape index (κ2) is 7.51. The molecular weight excluding hydrogens is 380 g/mol. The fraction of sp³-hybridized carbons (Fsp3) is 0.474. The Morgan fingerprint density at radius 2 is 1.86 bits per heavy atom. The first-order chi connectivity index (χ1) is 13.8. The summed E-state index contributed by atoms with van der Waals surface area (Å²) >= 11 is 0. The van der Waals surface area contributed by atoms with Crippen LogP contribution in [0.4, 0.5) is 26.4 Å². The van der Waals surface area contributed by atoms with Crippen molar-refractivity contribution in [3.63, 3.8) is 0 Å². The molecule has 1 aliphatic rings. The number of alkyl halides is 2. The molecule has 0 aromatic carbocycles. The van der Waals surface area contributed by atoms with E-state index in [9.17, 15) is 13.9 Å². The van der Waals surface area contributed by atoms with Crippen LogP contribution in [0.2, 0.25) is 0 Å². The van der Waals surface area contributed by atoms with Gasteiger partial charge in [0.1, 0.15) is 41.4 Å². The minimum atomic E-state index is -1.69. The van der Waals surface area contributed by atoms with Crippen molar-refractivity contribution in [2.75, 3.05) is 23.3 Å². The Balaban J connectivity index is 1.59. The second-order valence-electron chi connectivity index (χ2n) is 7.48. The normalized spacial score (nSPS) is 20.6. The molecule has 4 rings (SSSR count). The van der Waals surface area contributed by atoms with Gasteiger partial charge in [-0.05, 0) is 26.8 Å². The molecule has 29 heavy (non-hydrogen) atoms. The van der Waals surface area contributed by atoms with Gasteiger partial charge in [0.15, 0.2) is 0 Å². The largest absolute Gasteiger partial charge is 0.387 e. The third-order valence-electron chi connectivity index (χ3n) is 4.98. The van der Waals surface area contributed by atoms with Crippen molar-refractivity contribution in [2.45, 2.75) is 45.3 Å². The van der Waals surface area contributed by atoms with Crippen molar-refractivity contribution in [3.8, 4) is 0 Å². The van der Waals surface area contributed by atoms with Crippen LogP contribution < -0.4 is 10.2 Å². The van der Waals surface area contributed by atoms with Gasteiger partial charge in [-0.2, -0.15) is 4.98 Å². The lowest BCUT2D eigenvalue weighted by molar-refractivity contribution is 0.000909. The van der Waals surface area contributed by atoms with Crippen molar-refractivity contribution < 1.29 is 13.9 Å². The zero-order valence-corrected chi connectivity index (χ0v) is 16.4. The number of rotatable bonds is 4. The van der Waals surface area contributed by atoms with E-state index in [0.717, 1.165) is 16.9 Å². The predicted molar refractivity (Wildman–Crippen MR) is 106 cm³/mol. The molecule has 0 radical (unpaired) electrons. The smallest absolute Gasteiger partial charge is 0.227 e.